The highest BCUT2D eigenvalue weighted by Crippen LogP contribution is 2.24. The molecule has 3 N–H and O–H groups in total. The summed E-state index contributed by atoms with van der Waals surface area (Å²) in [6.07, 6.45) is 0. The second-order valence-electron chi connectivity index (χ2n) is 6.00. The average molecular weight is 554 g/mol. The molecule has 0 atom stereocenters. The second-order valence-corrected chi connectivity index (χ2v) is 6.77. The van der Waals surface area contributed by atoms with E-state index in [9.17, 15) is 4.79 Å². The third kappa shape index (κ3) is 7.94. The van der Waals surface area contributed by atoms with Crippen LogP contribution in [0.5, 0.6) is 5.75 Å². The standard InChI is InChI=1S/C19H25Cl2N5O2.HI/c1-4-23-17(27)12-28-15-7-5-6-13(8-15)10-24-19(22-2)25-11-14-9-16(20)18(21)26(14)3;/h5-9H,4,10-12H2,1-3H3,(H,23,27)(H2,22,24,25);1H. The van der Waals surface area contributed by atoms with Crippen molar-refractivity contribution in [3.05, 3.63) is 51.8 Å². The van der Waals surface area contributed by atoms with E-state index in [1.54, 1.807) is 7.05 Å². The Kier molecular flexibility index (Phi) is 11.2. The Bertz CT molecular complexity index is 842. The highest BCUT2D eigenvalue weighted by Gasteiger charge is 2.09. The van der Waals surface area contributed by atoms with E-state index in [0.717, 1.165) is 11.3 Å². The van der Waals surface area contributed by atoms with Gasteiger partial charge in [-0.05, 0) is 30.7 Å². The third-order valence-corrected chi connectivity index (χ3v) is 4.82. The van der Waals surface area contributed by atoms with Gasteiger partial charge >= 0.3 is 0 Å². The van der Waals surface area contributed by atoms with Crippen molar-refractivity contribution in [2.75, 3.05) is 20.2 Å². The first kappa shape index (κ1) is 25.4. The Hall–Kier alpha value is -1.65. The maximum Gasteiger partial charge on any atom is 0.257 e. The molecule has 0 fully saturated rings. The molecule has 7 nitrogen and oxygen atoms in total. The number of guanidine groups is 1. The van der Waals surface area contributed by atoms with Crippen molar-refractivity contribution < 1.29 is 9.53 Å². The maximum absolute atomic E-state index is 11.5. The molecule has 0 saturated heterocycles. The van der Waals surface area contributed by atoms with E-state index in [2.05, 4.69) is 20.9 Å². The van der Waals surface area contributed by atoms with Gasteiger partial charge in [0.25, 0.3) is 5.91 Å². The molecule has 0 aliphatic heterocycles. The maximum atomic E-state index is 11.5. The SMILES string of the molecule is CCNC(=O)COc1cccc(CNC(=NC)NCc2cc(Cl)c(Cl)n2C)c1.I. The van der Waals surface area contributed by atoms with E-state index in [1.165, 1.54) is 0 Å². The summed E-state index contributed by atoms with van der Waals surface area (Å²) in [7, 11) is 3.56. The Balaban J connectivity index is 0.00000420. The Morgan fingerprint density at radius 2 is 1.90 bits per heavy atom. The number of nitrogens with one attached hydrogen (secondary N) is 3. The fourth-order valence-electron chi connectivity index (χ4n) is 2.48. The number of likely N-dealkylation sites (N-methyl/N-ethyl adjacent to an activating group) is 1. The highest BCUT2D eigenvalue weighted by atomic mass is 127. The minimum atomic E-state index is -0.142. The summed E-state index contributed by atoms with van der Waals surface area (Å²) >= 11 is 12.1. The lowest BCUT2D eigenvalue weighted by Crippen LogP contribution is -2.36. The van der Waals surface area contributed by atoms with Gasteiger partial charge in [0.05, 0.1) is 11.6 Å². The zero-order chi connectivity index (χ0) is 20.5. The first-order valence-electron chi connectivity index (χ1n) is 8.87. The first-order chi connectivity index (χ1) is 13.4. The van der Waals surface area contributed by atoms with E-state index in [1.807, 2.05) is 48.9 Å². The van der Waals surface area contributed by atoms with Gasteiger partial charge in [-0.25, -0.2) is 0 Å². The van der Waals surface area contributed by atoms with Crippen molar-refractivity contribution in [2.24, 2.45) is 12.0 Å². The molecule has 1 aromatic carbocycles. The van der Waals surface area contributed by atoms with Crippen molar-refractivity contribution in [3.8, 4) is 5.75 Å². The zero-order valence-corrected chi connectivity index (χ0v) is 20.4. The number of ether oxygens (including phenoxy) is 1. The minimum Gasteiger partial charge on any atom is -0.484 e. The second kappa shape index (κ2) is 12.8. The number of amides is 1. The van der Waals surface area contributed by atoms with Crippen LogP contribution in [-0.2, 0) is 24.9 Å². The number of aliphatic imine (C=N–C) groups is 1. The molecule has 0 unspecified atom stereocenters. The summed E-state index contributed by atoms with van der Waals surface area (Å²) in [6, 6.07) is 9.37. The lowest BCUT2D eigenvalue weighted by atomic mass is 10.2. The molecule has 0 saturated carbocycles. The molecule has 160 valence electrons. The van der Waals surface area contributed by atoms with Crippen LogP contribution in [0, 0.1) is 0 Å². The molecule has 0 bridgehead atoms. The van der Waals surface area contributed by atoms with E-state index >= 15 is 0 Å². The number of hydrogen-bond acceptors (Lipinski definition) is 3. The van der Waals surface area contributed by atoms with Crippen LogP contribution in [0.15, 0.2) is 35.3 Å². The quantitative estimate of drug-likeness (QED) is 0.266. The molecular formula is C19H26Cl2IN5O2. The summed E-state index contributed by atoms with van der Waals surface area (Å²) in [5.74, 6) is 1.14. The normalized spacial score (nSPS) is 10.9. The van der Waals surface area contributed by atoms with E-state index in [-0.39, 0.29) is 36.5 Å². The number of nitrogens with zero attached hydrogens (tertiary/aromatic N) is 2. The average Bonchev–Trinajstić information content (AvgIpc) is 2.94. The molecule has 2 aromatic rings. The number of carbonyl (C=O) groups is 1. The van der Waals surface area contributed by atoms with Crippen LogP contribution in [-0.4, -0.2) is 36.6 Å². The summed E-state index contributed by atoms with van der Waals surface area (Å²) in [4.78, 5) is 15.7. The lowest BCUT2D eigenvalue weighted by Gasteiger charge is -2.13. The fraction of sp³-hybridized carbons (Fsp3) is 0.368. The number of halogens is 3. The smallest absolute Gasteiger partial charge is 0.257 e. The predicted octanol–water partition coefficient (Wildman–Crippen LogP) is 3.33. The van der Waals surface area contributed by atoms with Crippen molar-refractivity contribution in [3.63, 3.8) is 0 Å². The summed E-state index contributed by atoms with van der Waals surface area (Å²) < 4.78 is 7.33. The summed E-state index contributed by atoms with van der Waals surface area (Å²) in [6.45, 7) is 3.52. The van der Waals surface area contributed by atoms with Crippen molar-refractivity contribution in [1.29, 1.82) is 0 Å². The summed E-state index contributed by atoms with van der Waals surface area (Å²) in [5.41, 5.74) is 1.94. The summed E-state index contributed by atoms with van der Waals surface area (Å²) in [5, 5.41) is 10.2. The van der Waals surface area contributed by atoms with Crippen LogP contribution in [0.4, 0.5) is 0 Å². The molecule has 10 heteroatoms. The molecule has 29 heavy (non-hydrogen) atoms. The first-order valence-corrected chi connectivity index (χ1v) is 9.62. The van der Waals surface area contributed by atoms with Gasteiger partial charge < -0.3 is 25.3 Å². The largest absolute Gasteiger partial charge is 0.484 e. The van der Waals surface area contributed by atoms with Gasteiger partial charge in [0, 0.05) is 32.9 Å². The Morgan fingerprint density at radius 1 is 1.17 bits per heavy atom. The lowest BCUT2D eigenvalue weighted by molar-refractivity contribution is -0.122. The van der Waals surface area contributed by atoms with Crippen LogP contribution in [0.25, 0.3) is 0 Å². The monoisotopic (exact) mass is 553 g/mol. The number of carbonyl (C=O) groups excluding carboxylic acids is 1. The Labute approximate surface area is 198 Å². The third-order valence-electron chi connectivity index (χ3n) is 3.98. The van der Waals surface area contributed by atoms with Crippen molar-refractivity contribution >= 4 is 59.0 Å². The minimum absolute atomic E-state index is 0. The number of rotatable bonds is 8. The Morgan fingerprint density at radius 3 is 2.52 bits per heavy atom. The van der Waals surface area contributed by atoms with Crippen LogP contribution >= 0.6 is 47.2 Å². The predicted molar refractivity (Wildman–Crippen MR) is 129 cm³/mol. The van der Waals surface area contributed by atoms with Crippen LogP contribution in [0.2, 0.25) is 10.2 Å². The molecular weight excluding hydrogens is 528 g/mol. The van der Waals surface area contributed by atoms with Crippen LogP contribution in [0.3, 0.4) is 0 Å². The van der Waals surface area contributed by atoms with Gasteiger partial charge in [-0.15, -0.1) is 24.0 Å². The van der Waals surface area contributed by atoms with E-state index < -0.39 is 0 Å². The number of aromatic nitrogens is 1. The van der Waals surface area contributed by atoms with Gasteiger partial charge in [-0.1, -0.05) is 35.3 Å². The van der Waals surface area contributed by atoms with Gasteiger partial charge in [-0.3, -0.25) is 9.79 Å². The van der Waals surface area contributed by atoms with E-state index in [0.29, 0.717) is 41.5 Å². The molecule has 0 radical (unpaired) electrons. The van der Waals surface area contributed by atoms with Crippen molar-refractivity contribution in [2.45, 2.75) is 20.0 Å². The molecule has 0 aliphatic carbocycles. The number of hydrogen-bond donors (Lipinski definition) is 3. The molecule has 1 heterocycles. The molecule has 1 amide bonds. The van der Waals surface area contributed by atoms with Crippen LogP contribution in [0.1, 0.15) is 18.2 Å². The van der Waals surface area contributed by atoms with Gasteiger partial charge in [0.1, 0.15) is 10.9 Å². The molecule has 1 aromatic heterocycles. The van der Waals surface area contributed by atoms with Gasteiger partial charge in [-0.2, -0.15) is 0 Å². The molecule has 0 aliphatic rings. The zero-order valence-electron chi connectivity index (χ0n) is 16.6. The van der Waals surface area contributed by atoms with Gasteiger partial charge in [0.15, 0.2) is 12.6 Å². The van der Waals surface area contributed by atoms with Crippen LogP contribution < -0.4 is 20.7 Å². The number of benzene rings is 1. The highest BCUT2D eigenvalue weighted by molar-refractivity contribution is 14.0. The van der Waals surface area contributed by atoms with Crippen molar-refractivity contribution in [1.82, 2.24) is 20.5 Å². The molecule has 0 spiro atoms. The van der Waals surface area contributed by atoms with Gasteiger partial charge in [0.2, 0.25) is 0 Å². The molecule has 2 rings (SSSR count). The topological polar surface area (TPSA) is 79.7 Å². The fourth-order valence-corrected chi connectivity index (χ4v) is 2.90. The van der Waals surface area contributed by atoms with E-state index in [4.69, 9.17) is 27.9 Å².